The molecule has 0 saturated carbocycles. The van der Waals surface area contributed by atoms with E-state index in [1.807, 2.05) is 37.3 Å². The van der Waals surface area contributed by atoms with Gasteiger partial charge in [-0.3, -0.25) is 9.78 Å². The molecule has 0 aliphatic heterocycles. The van der Waals surface area contributed by atoms with Crippen molar-refractivity contribution in [1.29, 1.82) is 0 Å². The van der Waals surface area contributed by atoms with Gasteiger partial charge in [-0.25, -0.2) is 19.4 Å². The molecular weight excluding hydrogens is 492 g/mol. The number of rotatable bonds is 12. The first-order chi connectivity index (χ1) is 19.1. The van der Waals surface area contributed by atoms with E-state index in [1.54, 1.807) is 54.6 Å². The van der Waals surface area contributed by atoms with Gasteiger partial charge in [0, 0.05) is 0 Å². The van der Waals surface area contributed by atoms with E-state index >= 15 is 0 Å². The highest BCUT2D eigenvalue weighted by Crippen LogP contribution is 2.30. The Labute approximate surface area is 229 Å². The summed E-state index contributed by atoms with van der Waals surface area (Å²) in [5, 5.41) is 0. The predicted molar refractivity (Wildman–Crippen MR) is 149 cm³/mol. The van der Waals surface area contributed by atoms with Crippen LogP contribution in [0.4, 0.5) is 0 Å². The Morgan fingerprint density at radius 1 is 0.667 bits per heavy atom. The van der Waals surface area contributed by atoms with Crippen LogP contribution in [0, 0.1) is 0 Å². The van der Waals surface area contributed by atoms with E-state index in [0.717, 1.165) is 41.5 Å². The lowest BCUT2D eigenvalue weighted by Crippen LogP contribution is -2.21. The van der Waals surface area contributed by atoms with Crippen molar-refractivity contribution in [3.63, 3.8) is 0 Å². The molecule has 0 fully saturated rings. The van der Waals surface area contributed by atoms with Crippen molar-refractivity contribution in [3.8, 4) is 11.5 Å². The number of benzene rings is 4. The second kappa shape index (κ2) is 13.8. The van der Waals surface area contributed by atoms with E-state index in [0.29, 0.717) is 24.3 Å². The number of aryl methyl sites for hydroxylation is 1. The minimum atomic E-state index is -0.788. The molecule has 0 bridgehead atoms. The summed E-state index contributed by atoms with van der Waals surface area (Å²) in [6.45, 7) is 4.07. The smallest absolute Gasteiger partial charge is 0.287 e. The van der Waals surface area contributed by atoms with Crippen LogP contribution < -0.4 is 9.78 Å². The van der Waals surface area contributed by atoms with Crippen LogP contribution in [0.1, 0.15) is 69.7 Å². The summed E-state index contributed by atoms with van der Waals surface area (Å²) in [6.07, 6.45) is 3.77. The van der Waals surface area contributed by atoms with Gasteiger partial charge in [-0.2, -0.15) is 0 Å². The van der Waals surface area contributed by atoms with E-state index in [4.69, 9.17) is 19.6 Å². The van der Waals surface area contributed by atoms with Gasteiger partial charge < -0.3 is 0 Å². The third kappa shape index (κ3) is 7.26. The van der Waals surface area contributed by atoms with Crippen molar-refractivity contribution in [2.24, 2.45) is 0 Å². The molecule has 4 aromatic rings. The number of para-hydroxylation sites is 2. The first kappa shape index (κ1) is 27.5. The van der Waals surface area contributed by atoms with Crippen molar-refractivity contribution >= 4 is 11.9 Å². The quantitative estimate of drug-likeness (QED) is 0.141. The van der Waals surface area contributed by atoms with Gasteiger partial charge in [-0.15, -0.1) is 0 Å². The van der Waals surface area contributed by atoms with Gasteiger partial charge in [-0.05, 0) is 78.3 Å². The topological polar surface area (TPSA) is 71.1 Å². The average molecular weight is 525 g/mol. The van der Waals surface area contributed by atoms with E-state index in [1.165, 1.54) is 0 Å². The molecule has 0 saturated heterocycles. The van der Waals surface area contributed by atoms with Crippen molar-refractivity contribution in [2.75, 3.05) is 0 Å². The second-order valence-electron chi connectivity index (χ2n) is 9.07. The van der Waals surface area contributed by atoms with Gasteiger partial charge in [0.2, 0.25) is 0 Å². The Morgan fingerprint density at radius 2 is 1.21 bits per heavy atom. The van der Waals surface area contributed by atoms with E-state index < -0.39 is 11.9 Å². The van der Waals surface area contributed by atoms with Crippen molar-refractivity contribution in [1.82, 2.24) is 0 Å². The van der Waals surface area contributed by atoms with Crippen LogP contribution in [0.2, 0.25) is 0 Å². The molecule has 0 heterocycles. The van der Waals surface area contributed by atoms with Crippen LogP contribution in [0.25, 0.3) is 0 Å². The zero-order valence-corrected chi connectivity index (χ0v) is 22.2. The molecular formula is C33H32O6. The number of carbonyl (C=O) groups is 2. The lowest BCUT2D eigenvalue weighted by atomic mass is 9.85. The first-order valence-electron chi connectivity index (χ1n) is 13.2. The highest BCUT2D eigenvalue weighted by molar-refractivity contribution is 6.04. The molecule has 0 radical (unpaired) electrons. The van der Waals surface area contributed by atoms with Crippen molar-refractivity contribution < 1.29 is 29.1 Å². The summed E-state index contributed by atoms with van der Waals surface area (Å²) < 4.78 is 0. The standard InChI is InChI=1S/C33H32O6/c1-3-5-17-25-23-30(32(34)38-36-26-18-11-7-12-19-26)31(33(35)39-37-27-20-13-8-14-21-27)28(4-2)29(25)22-24-15-9-6-10-16-24/h6-16,18-21,23H,3-5,17,22H2,1-2H3. The Hall–Kier alpha value is -4.58. The molecule has 39 heavy (non-hydrogen) atoms. The molecule has 0 N–H and O–H groups in total. The minimum Gasteiger partial charge on any atom is -0.287 e. The molecule has 0 aliphatic carbocycles. The summed E-state index contributed by atoms with van der Waals surface area (Å²) in [6, 6.07) is 29.2. The summed E-state index contributed by atoms with van der Waals surface area (Å²) in [4.78, 5) is 47.9. The minimum absolute atomic E-state index is 0.0763. The molecule has 4 rings (SSSR count). The molecule has 6 heteroatoms. The first-order valence-corrected chi connectivity index (χ1v) is 13.2. The van der Waals surface area contributed by atoms with E-state index in [-0.39, 0.29) is 11.1 Å². The van der Waals surface area contributed by atoms with Gasteiger partial charge in [0.15, 0.2) is 11.5 Å². The third-order valence-electron chi connectivity index (χ3n) is 6.36. The summed E-state index contributed by atoms with van der Waals surface area (Å²) >= 11 is 0. The SMILES string of the molecule is CCCCc1cc(C(=O)OOc2ccccc2)c(C(=O)OOc2ccccc2)c(CC)c1Cc1ccccc1. The normalized spacial score (nSPS) is 10.5. The average Bonchev–Trinajstić information content (AvgIpc) is 2.99. The number of carbonyl (C=O) groups excluding carboxylic acids is 2. The van der Waals surface area contributed by atoms with Crippen LogP contribution in [-0.4, -0.2) is 11.9 Å². The highest BCUT2D eigenvalue weighted by atomic mass is 17.2. The predicted octanol–water partition coefficient (Wildman–Crippen LogP) is 7.48. The Morgan fingerprint density at radius 3 is 1.74 bits per heavy atom. The molecule has 0 atom stereocenters. The fourth-order valence-electron chi connectivity index (χ4n) is 4.45. The van der Waals surface area contributed by atoms with Crippen LogP contribution >= 0.6 is 0 Å². The molecule has 200 valence electrons. The fourth-order valence-corrected chi connectivity index (χ4v) is 4.45. The van der Waals surface area contributed by atoms with Crippen LogP contribution in [0.5, 0.6) is 11.5 Å². The maximum atomic E-state index is 13.5. The van der Waals surface area contributed by atoms with Gasteiger partial charge in [0.05, 0.1) is 11.1 Å². The molecule has 0 aromatic heterocycles. The van der Waals surface area contributed by atoms with Crippen molar-refractivity contribution in [3.05, 3.63) is 130 Å². The van der Waals surface area contributed by atoms with E-state index in [2.05, 4.69) is 19.1 Å². The van der Waals surface area contributed by atoms with Crippen LogP contribution in [0.3, 0.4) is 0 Å². The molecule has 6 nitrogen and oxygen atoms in total. The second-order valence-corrected chi connectivity index (χ2v) is 9.07. The summed E-state index contributed by atoms with van der Waals surface area (Å²) in [5.41, 5.74) is 4.01. The zero-order chi connectivity index (χ0) is 27.5. The zero-order valence-electron chi connectivity index (χ0n) is 22.2. The Kier molecular flexibility index (Phi) is 9.73. The molecule has 0 amide bonds. The van der Waals surface area contributed by atoms with Gasteiger partial charge in [0.1, 0.15) is 0 Å². The number of hydrogen-bond acceptors (Lipinski definition) is 6. The summed E-state index contributed by atoms with van der Waals surface area (Å²) in [5.74, 6) is -0.836. The highest BCUT2D eigenvalue weighted by Gasteiger charge is 2.29. The largest absolute Gasteiger partial charge is 0.387 e. The van der Waals surface area contributed by atoms with Gasteiger partial charge >= 0.3 is 11.9 Å². The Balaban J connectivity index is 1.77. The molecule has 0 unspecified atom stereocenters. The van der Waals surface area contributed by atoms with E-state index in [9.17, 15) is 9.59 Å². The Bertz CT molecular complexity index is 1370. The third-order valence-corrected chi connectivity index (χ3v) is 6.36. The van der Waals surface area contributed by atoms with Gasteiger partial charge in [-0.1, -0.05) is 87.0 Å². The maximum Gasteiger partial charge on any atom is 0.387 e. The lowest BCUT2D eigenvalue weighted by molar-refractivity contribution is -0.152. The molecule has 0 spiro atoms. The number of hydrogen-bond donors (Lipinski definition) is 0. The molecule has 4 aromatic carbocycles. The number of unbranched alkanes of at least 4 members (excludes halogenated alkanes) is 1. The maximum absolute atomic E-state index is 13.5. The fraction of sp³-hybridized carbons (Fsp3) is 0.212. The van der Waals surface area contributed by atoms with Crippen LogP contribution in [-0.2, 0) is 29.0 Å². The monoisotopic (exact) mass is 524 g/mol. The van der Waals surface area contributed by atoms with Crippen LogP contribution in [0.15, 0.2) is 97.1 Å². The summed E-state index contributed by atoms with van der Waals surface area (Å²) in [7, 11) is 0. The van der Waals surface area contributed by atoms with Crippen molar-refractivity contribution in [2.45, 2.75) is 46.0 Å². The lowest BCUT2D eigenvalue weighted by Gasteiger charge is -2.20. The van der Waals surface area contributed by atoms with Gasteiger partial charge in [0.25, 0.3) is 0 Å². The molecule has 0 aliphatic rings.